The highest BCUT2D eigenvalue weighted by atomic mass is 35.5. The van der Waals surface area contributed by atoms with E-state index in [0.717, 1.165) is 11.8 Å². The van der Waals surface area contributed by atoms with Gasteiger partial charge in [-0.1, -0.05) is 65.3 Å². The van der Waals surface area contributed by atoms with Crippen LogP contribution in [0.2, 0.25) is 10.0 Å². The summed E-state index contributed by atoms with van der Waals surface area (Å²) < 4.78 is 0. The van der Waals surface area contributed by atoms with E-state index in [1.165, 1.54) is 12.1 Å². The number of halogens is 2. The summed E-state index contributed by atoms with van der Waals surface area (Å²) in [6, 6.07) is 20.2. The summed E-state index contributed by atoms with van der Waals surface area (Å²) in [6.07, 6.45) is 0. The first-order valence-electron chi connectivity index (χ1n) is 8.24. The fraction of sp³-hybridized carbons (Fsp3) is 0.0476. The number of carbonyl (C=O) groups excluding carboxylic acids is 2. The molecular weight excluding hydrogens is 415 g/mol. The van der Waals surface area contributed by atoms with E-state index in [0.29, 0.717) is 26.6 Å². The minimum Gasteiger partial charge on any atom is -0.367 e. The molecule has 0 fully saturated rings. The molecule has 1 unspecified atom stereocenters. The van der Waals surface area contributed by atoms with Crippen LogP contribution in [0.5, 0.6) is 0 Å². The third kappa shape index (κ3) is 4.39. The van der Waals surface area contributed by atoms with Crippen LogP contribution in [0, 0.1) is 0 Å². The smallest absolute Gasteiger partial charge is 0.253 e. The predicted octanol–water partition coefficient (Wildman–Crippen LogP) is 4.61. The standard InChI is InChI=1S/C21H16Cl2N2O2S/c22-16-6-8-18(9-7-16)28-21(25,20(24)27)15-10-14(11-17(23)12-15)19(26)13-4-2-1-3-5-13/h1-12H,25H2,(H2,24,27). The maximum absolute atomic E-state index is 12.8. The monoisotopic (exact) mass is 430 g/mol. The summed E-state index contributed by atoms with van der Waals surface area (Å²) in [5.74, 6) is -0.986. The molecule has 142 valence electrons. The van der Waals surface area contributed by atoms with Crippen LogP contribution in [-0.2, 0) is 9.67 Å². The fourth-order valence-corrected chi connectivity index (χ4v) is 3.97. The lowest BCUT2D eigenvalue weighted by Crippen LogP contribution is -2.46. The van der Waals surface area contributed by atoms with Gasteiger partial charge in [-0.3, -0.25) is 9.59 Å². The van der Waals surface area contributed by atoms with Crippen LogP contribution in [0.25, 0.3) is 0 Å². The van der Waals surface area contributed by atoms with Gasteiger partial charge in [0.1, 0.15) is 0 Å². The van der Waals surface area contributed by atoms with E-state index >= 15 is 0 Å². The van der Waals surface area contributed by atoms with E-state index in [-0.39, 0.29) is 10.8 Å². The molecule has 28 heavy (non-hydrogen) atoms. The lowest BCUT2D eigenvalue weighted by molar-refractivity contribution is -0.120. The SMILES string of the molecule is NC(=O)C(N)(Sc1ccc(Cl)cc1)c1cc(Cl)cc(C(=O)c2ccccc2)c1. The Bertz CT molecular complexity index is 1030. The van der Waals surface area contributed by atoms with Crippen LogP contribution in [0.1, 0.15) is 21.5 Å². The summed E-state index contributed by atoms with van der Waals surface area (Å²) >= 11 is 13.2. The third-order valence-electron chi connectivity index (χ3n) is 4.08. The maximum atomic E-state index is 12.8. The van der Waals surface area contributed by atoms with Crippen LogP contribution in [-0.4, -0.2) is 11.7 Å². The molecule has 1 amide bonds. The molecule has 0 bridgehead atoms. The highest BCUT2D eigenvalue weighted by Crippen LogP contribution is 2.39. The van der Waals surface area contributed by atoms with Crippen molar-refractivity contribution in [3.63, 3.8) is 0 Å². The van der Waals surface area contributed by atoms with Gasteiger partial charge in [0.15, 0.2) is 10.7 Å². The molecule has 0 aliphatic heterocycles. The van der Waals surface area contributed by atoms with Crippen molar-refractivity contribution in [2.75, 3.05) is 0 Å². The summed E-state index contributed by atoms with van der Waals surface area (Å²) in [5.41, 5.74) is 13.2. The Labute approximate surface area is 176 Å². The first-order valence-corrected chi connectivity index (χ1v) is 9.81. The number of primary amides is 1. The summed E-state index contributed by atoms with van der Waals surface area (Å²) in [5, 5.41) is 0.842. The maximum Gasteiger partial charge on any atom is 0.253 e. The molecule has 0 spiro atoms. The lowest BCUT2D eigenvalue weighted by atomic mass is 9.98. The molecule has 0 aliphatic rings. The number of rotatable bonds is 6. The first-order chi connectivity index (χ1) is 13.3. The van der Waals surface area contributed by atoms with Gasteiger partial charge in [0.25, 0.3) is 5.91 Å². The molecule has 7 heteroatoms. The van der Waals surface area contributed by atoms with Gasteiger partial charge in [-0.15, -0.1) is 0 Å². The van der Waals surface area contributed by atoms with Crippen molar-refractivity contribution in [3.05, 3.63) is 99.5 Å². The van der Waals surface area contributed by atoms with Gasteiger partial charge < -0.3 is 11.5 Å². The number of thioether (sulfide) groups is 1. The Balaban J connectivity index is 2.04. The average molecular weight is 431 g/mol. The van der Waals surface area contributed by atoms with Gasteiger partial charge in [0.2, 0.25) is 0 Å². The fourth-order valence-electron chi connectivity index (χ4n) is 2.63. The zero-order valence-corrected chi connectivity index (χ0v) is 16.9. The zero-order valence-electron chi connectivity index (χ0n) is 14.6. The number of hydrogen-bond acceptors (Lipinski definition) is 4. The van der Waals surface area contributed by atoms with Crippen LogP contribution in [0.4, 0.5) is 0 Å². The highest BCUT2D eigenvalue weighted by molar-refractivity contribution is 8.01. The van der Waals surface area contributed by atoms with Crippen LogP contribution in [0.15, 0.2) is 77.7 Å². The largest absolute Gasteiger partial charge is 0.367 e. The van der Waals surface area contributed by atoms with Crippen molar-refractivity contribution in [2.45, 2.75) is 9.77 Å². The molecule has 4 nitrogen and oxygen atoms in total. The molecule has 0 aliphatic carbocycles. The molecule has 1 atom stereocenters. The average Bonchev–Trinajstić information content (AvgIpc) is 2.69. The second-order valence-electron chi connectivity index (χ2n) is 6.08. The molecule has 0 aromatic heterocycles. The predicted molar refractivity (Wildman–Crippen MR) is 114 cm³/mol. The van der Waals surface area contributed by atoms with E-state index < -0.39 is 10.8 Å². The Kier molecular flexibility index (Phi) is 6.10. The van der Waals surface area contributed by atoms with E-state index in [2.05, 4.69) is 0 Å². The topological polar surface area (TPSA) is 86.2 Å². The summed E-state index contributed by atoms with van der Waals surface area (Å²) in [6.45, 7) is 0. The van der Waals surface area contributed by atoms with Crippen molar-refractivity contribution in [2.24, 2.45) is 11.5 Å². The van der Waals surface area contributed by atoms with Crippen molar-refractivity contribution < 1.29 is 9.59 Å². The van der Waals surface area contributed by atoms with E-state index in [4.69, 9.17) is 34.7 Å². The quantitative estimate of drug-likeness (QED) is 0.339. The third-order valence-corrected chi connectivity index (χ3v) is 5.82. The Morgan fingerprint density at radius 2 is 1.46 bits per heavy atom. The summed E-state index contributed by atoms with van der Waals surface area (Å²) in [4.78, 5) is 24.2. The molecule has 0 saturated heterocycles. The molecular formula is C21H16Cl2N2O2S. The minimum atomic E-state index is -1.62. The molecule has 0 heterocycles. The van der Waals surface area contributed by atoms with Gasteiger partial charge in [0, 0.05) is 26.1 Å². The van der Waals surface area contributed by atoms with Gasteiger partial charge in [-0.05, 0) is 48.0 Å². The van der Waals surface area contributed by atoms with Gasteiger partial charge in [-0.2, -0.15) is 0 Å². The van der Waals surface area contributed by atoms with Crippen LogP contribution >= 0.6 is 35.0 Å². The van der Waals surface area contributed by atoms with Gasteiger partial charge in [0.05, 0.1) is 0 Å². The molecule has 3 aromatic rings. The number of benzene rings is 3. The molecule has 3 aromatic carbocycles. The zero-order chi connectivity index (χ0) is 20.3. The van der Waals surface area contributed by atoms with Crippen molar-refractivity contribution in [1.29, 1.82) is 0 Å². The van der Waals surface area contributed by atoms with Crippen LogP contribution in [0.3, 0.4) is 0 Å². The van der Waals surface area contributed by atoms with Gasteiger partial charge in [-0.25, -0.2) is 0 Å². The van der Waals surface area contributed by atoms with Crippen molar-refractivity contribution in [1.82, 2.24) is 0 Å². The normalized spacial score (nSPS) is 13.0. The van der Waals surface area contributed by atoms with Gasteiger partial charge >= 0.3 is 0 Å². The second kappa shape index (κ2) is 8.37. The summed E-state index contributed by atoms with van der Waals surface area (Å²) in [7, 11) is 0. The number of amides is 1. The number of nitrogens with two attached hydrogens (primary N) is 2. The number of hydrogen-bond donors (Lipinski definition) is 2. The molecule has 0 saturated carbocycles. The van der Waals surface area contributed by atoms with E-state index in [1.807, 2.05) is 6.07 Å². The Hall–Kier alpha value is -2.31. The number of ketones is 1. The minimum absolute atomic E-state index is 0.229. The number of carbonyl (C=O) groups is 2. The van der Waals surface area contributed by atoms with E-state index in [1.54, 1.807) is 54.6 Å². The van der Waals surface area contributed by atoms with Crippen molar-refractivity contribution >= 4 is 46.7 Å². The molecule has 0 radical (unpaired) electrons. The second-order valence-corrected chi connectivity index (χ2v) is 8.27. The first kappa shape index (κ1) is 20.4. The lowest BCUT2D eigenvalue weighted by Gasteiger charge is -2.26. The molecule has 3 rings (SSSR count). The highest BCUT2D eigenvalue weighted by Gasteiger charge is 2.36. The Morgan fingerprint density at radius 3 is 2.07 bits per heavy atom. The molecule has 4 N–H and O–H groups in total. The Morgan fingerprint density at radius 1 is 0.821 bits per heavy atom. The van der Waals surface area contributed by atoms with Crippen LogP contribution < -0.4 is 11.5 Å². The van der Waals surface area contributed by atoms with E-state index in [9.17, 15) is 9.59 Å². The van der Waals surface area contributed by atoms with Crippen molar-refractivity contribution in [3.8, 4) is 0 Å².